The molecule has 0 fully saturated rings. The van der Waals surface area contributed by atoms with Crippen molar-refractivity contribution in [1.82, 2.24) is 0 Å². The molecule has 0 radical (unpaired) electrons. The van der Waals surface area contributed by atoms with Gasteiger partial charge in [0.05, 0.1) is 0 Å². The average Bonchev–Trinajstić information content (AvgIpc) is 1.69. The van der Waals surface area contributed by atoms with E-state index in [-0.39, 0.29) is 0 Å². The fourth-order valence-electron chi connectivity index (χ4n) is 0.228. The number of hydrogen-bond acceptors (Lipinski definition) is 2. The molecule has 0 aliphatic heterocycles. The first-order chi connectivity index (χ1) is 3.41. The van der Waals surface area contributed by atoms with E-state index in [0.29, 0.717) is 0 Å². The quantitative estimate of drug-likeness (QED) is 0.316. The van der Waals surface area contributed by atoms with E-state index < -0.39 is 0 Å². The van der Waals surface area contributed by atoms with E-state index in [2.05, 4.69) is 15.6 Å². The van der Waals surface area contributed by atoms with Crippen LogP contribution in [-0.4, -0.2) is 6.21 Å². The molecule has 0 saturated heterocycles. The van der Waals surface area contributed by atoms with Gasteiger partial charge in [0.15, 0.2) is 0 Å². The molecule has 0 bridgehead atoms. The van der Waals surface area contributed by atoms with Crippen molar-refractivity contribution in [2.75, 3.05) is 0 Å². The van der Waals surface area contributed by atoms with Crippen LogP contribution in [0.1, 0.15) is 19.8 Å². The van der Waals surface area contributed by atoms with E-state index in [0.717, 1.165) is 12.8 Å². The summed E-state index contributed by atoms with van der Waals surface area (Å²) in [5.74, 6) is 0. The van der Waals surface area contributed by atoms with Crippen molar-refractivity contribution >= 4 is 6.21 Å². The van der Waals surface area contributed by atoms with Gasteiger partial charge in [-0.15, -0.1) is 0 Å². The summed E-state index contributed by atoms with van der Waals surface area (Å²) in [4.78, 5) is 0. The zero-order valence-corrected chi connectivity index (χ0v) is 5.95. The van der Waals surface area contributed by atoms with Crippen molar-refractivity contribution in [2.45, 2.75) is 19.8 Å². The van der Waals surface area contributed by atoms with Crippen LogP contribution in [0.15, 0.2) is 8.63 Å². The maximum absolute atomic E-state index is 3.66. The summed E-state index contributed by atoms with van der Waals surface area (Å²) in [6, 6.07) is 0. The molecular formula is C4H8N2Ti+. The zero-order valence-electron chi connectivity index (χ0n) is 4.39. The van der Waals surface area contributed by atoms with E-state index in [1.165, 1.54) is 0 Å². The van der Waals surface area contributed by atoms with Gasteiger partial charge in [0.2, 0.25) is 0 Å². The summed E-state index contributed by atoms with van der Waals surface area (Å²) in [5, 5.41) is 3.66. The molecule has 0 heterocycles. The van der Waals surface area contributed by atoms with Gasteiger partial charge in [0, 0.05) is 0 Å². The maximum atomic E-state index is 3.66. The molecule has 0 atom stereocenters. The molecule has 0 N–H and O–H groups in total. The molecule has 37 valence electrons. The molecule has 0 rings (SSSR count). The van der Waals surface area contributed by atoms with Gasteiger partial charge in [-0.25, -0.2) is 0 Å². The second-order valence-corrected chi connectivity index (χ2v) is 1.50. The van der Waals surface area contributed by atoms with Crippen LogP contribution >= 0.6 is 0 Å². The fraction of sp³-hybridized carbons (Fsp3) is 0.750. The van der Waals surface area contributed by atoms with Crippen LogP contribution in [0.4, 0.5) is 0 Å². The second-order valence-electron chi connectivity index (χ2n) is 1.19. The number of hydrogen-bond donors (Lipinski definition) is 0. The first kappa shape index (κ1) is 7.18. The summed E-state index contributed by atoms with van der Waals surface area (Å²) in [6.45, 7) is 2.11. The van der Waals surface area contributed by atoms with Gasteiger partial charge >= 0.3 is 54.9 Å². The standard InChI is InChI=1S/C4H8N2.Ti/c1-2-3-4-6-5;/h4H,2-3H2,1H3;/q;+1. The third kappa shape index (κ3) is 6.18. The van der Waals surface area contributed by atoms with E-state index in [1.807, 2.05) is 6.21 Å². The van der Waals surface area contributed by atoms with Crippen LogP contribution in [0, 0.1) is 0 Å². The number of rotatable bonds is 3. The Balaban J connectivity index is 2.92. The molecule has 0 aromatic rings. The molecule has 0 unspecified atom stereocenters. The van der Waals surface area contributed by atoms with Gasteiger partial charge in [0.25, 0.3) is 0 Å². The molecule has 0 amide bonds. The molecule has 0 aromatic heterocycles. The Morgan fingerprint density at radius 1 is 1.71 bits per heavy atom. The first-order valence-electron chi connectivity index (χ1n) is 2.30. The fourth-order valence-corrected chi connectivity index (χ4v) is 0.355. The Kier molecular flexibility index (Phi) is 6.35. The molecule has 0 aliphatic carbocycles. The predicted octanol–water partition coefficient (Wildman–Crippen LogP) is 1.50. The Bertz CT molecular complexity index is 70.1. The molecule has 0 aliphatic rings. The predicted molar refractivity (Wildman–Crippen MR) is 25.8 cm³/mol. The first-order valence-corrected chi connectivity index (χ1v) is 3.00. The molecule has 0 saturated carbocycles. The van der Waals surface area contributed by atoms with Crippen molar-refractivity contribution < 1.29 is 20.3 Å². The van der Waals surface area contributed by atoms with Crippen LogP contribution in [-0.2, 0) is 20.3 Å². The van der Waals surface area contributed by atoms with E-state index in [4.69, 9.17) is 0 Å². The van der Waals surface area contributed by atoms with Gasteiger partial charge < -0.3 is 0 Å². The van der Waals surface area contributed by atoms with Crippen LogP contribution in [0.5, 0.6) is 0 Å². The third-order valence-corrected chi connectivity index (χ3v) is 0.737. The summed E-state index contributed by atoms with van der Waals surface area (Å²) < 4.78 is 3.54. The molecule has 0 aromatic carbocycles. The Morgan fingerprint density at radius 2 is 2.43 bits per heavy atom. The average molecular weight is 132 g/mol. The van der Waals surface area contributed by atoms with Crippen LogP contribution < -0.4 is 0 Å². The van der Waals surface area contributed by atoms with Gasteiger partial charge in [-0.3, -0.25) is 0 Å². The van der Waals surface area contributed by atoms with Crippen molar-refractivity contribution in [3.8, 4) is 0 Å². The van der Waals surface area contributed by atoms with E-state index in [1.54, 1.807) is 20.3 Å². The van der Waals surface area contributed by atoms with Gasteiger partial charge in [0.1, 0.15) is 0 Å². The third-order valence-electron chi connectivity index (χ3n) is 0.557. The summed E-state index contributed by atoms with van der Waals surface area (Å²) in [5.41, 5.74) is 0. The Morgan fingerprint density at radius 3 is 2.86 bits per heavy atom. The molecule has 3 heteroatoms. The number of nitrogens with zero attached hydrogens (tertiary/aromatic N) is 2. The second kappa shape index (κ2) is 6.18. The van der Waals surface area contributed by atoms with Crippen LogP contribution in [0.2, 0.25) is 0 Å². The molecule has 0 spiro atoms. The summed E-state index contributed by atoms with van der Waals surface area (Å²) >= 11 is 1.67. The SMILES string of the molecule is CCCC=N[N]=[Ti+]. The normalized spacial score (nSPS) is 10.1. The van der Waals surface area contributed by atoms with Crippen molar-refractivity contribution in [1.29, 1.82) is 0 Å². The van der Waals surface area contributed by atoms with E-state index >= 15 is 0 Å². The minimum absolute atomic E-state index is 1.04. The summed E-state index contributed by atoms with van der Waals surface area (Å²) in [7, 11) is 0. The van der Waals surface area contributed by atoms with Crippen molar-refractivity contribution in [2.24, 2.45) is 8.63 Å². The Labute approximate surface area is 55.3 Å². The summed E-state index contributed by atoms with van der Waals surface area (Å²) in [6.07, 6.45) is 4.01. The molecule has 2 nitrogen and oxygen atoms in total. The van der Waals surface area contributed by atoms with Gasteiger partial charge in [-0.1, -0.05) is 0 Å². The van der Waals surface area contributed by atoms with Crippen molar-refractivity contribution in [3.05, 3.63) is 0 Å². The zero-order chi connectivity index (χ0) is 5.54. The molecular weight excluding hydrogens is 124 g/mol. The van der Waals surface area contributed by atoms with Gasteiger partial charge in [-0.05, 0) is 0 Å². The number of unbranched alkanes of at least 4 members (excludes halogenated alkanes) is 1. The van der Waals surface area contributed by atoms with Gasteiger partial charge in [-0.2, -0.15) is 0 Å². The van der Waals surface area contributed by atoms with Crippen LogP contribution in [0.25, 0.3) is 0 Å². The molecule has 7 heavy (non-hydrogen) atoms. The minimum atomic E-state index is 1.04. The van der Waals surface area contributed by atoms with Crippen molar-refractivity contribution in [3.63, 3.8) is 0 Å². The van der Waals surface area contributed by atoms with Crippen LogP contribution in [0.3, 0.4) is 0 Å². The Hall–Kier alpha value is 0.184. The van der Waals surface area contributed by atoms with E-state index in [9.17, 15) is 0 Å². The topological polar surface area (TPSA) is 24.7 Å². The monoisotopic (exact) mass is 132 g/mol.